The van der Waals surface area contributed by atoms with E-state index in [1.807, 2.05) is 17.0 Å². The third-order valence-corrected chi connectivity index (χ3v) is 4.11. The fraction of sp³-hybridized carbons (Fsp3) is 0.522. The fourth-order valence-electron chi connectivity index (χ4n) is 2.60. The van der Waals surface area contributed by atoms with Crippen LogP contribution in [0.3, 0.4) is 0 Å². The highest BCUT2D eigenvalue weighted by atomic mass is 16.4. The lowest BCUT2D eigenvalue weighted by Crippen LogP contribution is -2.41. The lowest BCUT2D eigenvalue weighted by molar-refractivity contribution is -0.138. The number of carboxylic acid groups (broad SMARTS) is 1. The van der Waals surface area contributed by atoms with Crippen LogP contribution in [0.2, 0.25) is 0 Å². The number of nitrogens with zero attached hydrogens (tertiary/aromatic N) is 3. The Kier molecular flexibility index (Phi) is 21.7. The van der Waals surface area contributed by atoms with Crippen LogP contribution in [0.25, 0.3) is 0 Å². The third kappa shape index (κ3) is 17.3. The van der Waals surface area contributed by atoms with Crippen molar-refractivity contribution < 1.29 is 34.2 Å². The number of aldehydes is 3. The monoisotopic (exact) mass is 467 g/mol. The first-order valence-corrected chi connectivity index (χ1v) is 10.7. The summed E-state index contributed by atoms with van der Waals surface area (Å²) < 4.78 is 0. The highest BCUT2D eigenvalue weighted by molar-refractivity contribution is 5.74. The number of carbonyl (C=O) groups excluding carboxylic acids is 4. The van der Waals surface area contributed by atoms with E-state index in [2.05, 4.69) is 13.8 Å². The molecule has 0 radical (unpaired) electrons. The van der Waals surface area contributed by atoms with Crippen molar-refractivity contribution in [2.75, 3.05) is 52.9 Å². The molecule has 0 saturated heterocycles. The minimum atomic E-state index is -1.02. The van der Waals surface area contributed by atoms with Crippen molar-refractivity contribution in [3.8, 4) is 0 Å². The Balaban J connectivity index is 0. The molecule has 186 valence electrons. The molecule has 0 unspecified atom stereocenters. The number of amides is 1. The molecule has 1 aromatic rings. The van der Waals surface area contributed by atoms with E-state index in [0.717, 1.165) is 19.0 Å². The minimum Gasteiger partial charge on any atom is -0.480 e. The number of aliphatic hydroxyl groups excluding tert-OH is 1. The Morgan fingerprint density at radius 3 is 1.82 bits per heavy atom. The van der Waals surface area contributed by atoms with Gasteiger partial charge in [-0.3, -0.25) is 24.2 Å². The zero-order chi connectivity index (χ0) is 25.5. The van der Waals surface area contributed by atoms with Crippen LogP contribution in [0.15, 0.2) is 24.3 Å². The van der Waals surface area contributed by atoms with Crippen LogP contribution in [0.5, 0.6) is 0 Å². The van der Waals surface area contributed by atoms with Crippen molar-refractivity contribution in [2.24, 2.45) is 0 Å². The van der Waals surface area contributed by atoms with Gasteiger partial charge in [0.25, 0.3) is 0 Å². The first-order chi connectivity index (χ1) is 15.9. The molecule has 0 aliphatic rings. The van der Waals surface area contributed by atoms with Crippen LogP contribution in [-0.2, 0) is 25.7 Å². The van der Waals surface area contributed by atoms with Crippen LogP contribution < -0.4 is 0 Å². The average Bonchev–Trinajstić information content (AvgIpc) is 2.81. The van der Waals surface area contributed by atoms with Crippen LogP contribution in [0.4, 0.5) is 0 Å². The summed E-state index contributed by atoms with van der Waals surface area (Å²) in [5, 5.41) is 15.9. The summed E-state index contributed by atoms with van der Waals surface area (Å²) in [5.74, 6) is -1.02. The summed E-state index contributed by atoms with van der Waals surface area (Å²) in [7, 11) is 1.00. The quantitative estimate of drug-likeness (QED) is 0.334. The van der Waals surface area contributed by atoms with E-state index in [1.54, 1.807) is 12.1 Å². The molecule has 33 heavy (non-hydrogen) atoms. The summed E-state index contributed by atoms with van der Waals surface area (Å²) in [5.41, 5.74) is 1.51. The van der Waals surface area contributed by atoms with Crippen LogP contribution in [0.1, 0.15) is 36.2 Å². The number of aliphatic hydroxyl groups is 1. The van der Waals surface area contributed by atoms with Gasteiger partial charge in [-0.05, 0) is 5.56 Å². The van der Waals surface area contributed by atoms with Crippen molar-refractivity contribution >= 4 is 31.2 Å². The molecule has 1 aromatic carbocycles. The third-order valence-electron chi connectivity index (χ3n) is 4.11. The highest BCUT2D eigenvalue weighted by Crippen LogP contribution is 2.07. The number of hydrogen-bond acceptors (Lipinski definition) is 8. The highest BCUT2D eigenvalue weighted by Gasteiger charge is 2.13. The largest absolute Gasteiger partial charge is 0.480 e. The van der Waals surface area contributed by atoms with E-state index in [-0.39, 0.29) is 19.6 Å². The molecule has 0 spiro atoms. The Bertz CT molecular complexity index is 669. The summed E-state index contributed by atoms with van der Waals surface area (Å²) in [4.78, 5) is 59.0. The summed E-state index contributed by atoms with van der Waals surface area (Å²) >= 11 is 0. The maximum Gasteiger partial charge on any atom is 0.317 e. The molecule has 0 heterocycles. The van der Waals surface area contributed by atoms with E-state index in [9.17, 15) is 24.0 Å². The second-order valence-electron chi connectivity index (χ2n) is 6.91. The van der Waals surface area contributed by atoms with Gasteiger partial charge in [-0.25, -0.2) is 0 Å². The standard InChI is InChI=1S/C19H25N3O6.C3H8.CH4O/c23-11-9-21(14-19(27)28)6-5-20(7-8-22(16-26)10-12-24)13-17-1-3-18(15-25)4-2-17;1-3-2;1-2/h1-4,11-12,15-16H,5-10,13-14H2,(H,27,28);3H2,1-2H3;2H,1H3. The topological polar surface area (TPSA) is 136 Å². The molecule has 0 aliphatic heterocycles. The average molecular weight is 468 g/mol. The van der Waals surface area contributed by atoms with Gasteiger partial charge in [-0.15, -0.1) is 0 Å². The smallest absolute Gasteiger partial charge is 0.317 e. The predicted molar refractivity (Wildman–Crippen MR) is 125 cm³/mol. The predicted octanol–water partition coefficient (Wildman–Crippen LogP) is 0.569. The number of aliphatic carboxylic acids is 1. The van der Waals surface area contributed by atoms with E-state index in [0.29, 0.717) is 57.3 Å². The van der Waals surface area contributed by atoms with Crippen LogP contribution >= 0.6 is 0 Å². The minimum absolute atomic E-state index is 0.00164. The maximum atomic E-state index is 11.0. The van der Waals surface area contributed by atoms with E-state index in [4.69, 9.17) is 10.2 Å². The molecule has 0 atom stereocenters. The first-order valence-electron chi connectivity index (χ1n) is 10.7. The molecule has 0 fully saturated rings. The molecular weight excluding hydrogens is 430 g/mol. The van der Waals surface area contributed by atoms with Crippen molar-refractivity contribution in [3.63, 3.8) is 0 Å². The molecule has 10 heteroatoms. The number of benzene rings is 1. The van der Waals surface area contributed by atoms with Gasteiger partial charge in [-0.2, -0.15) is 0 Å². The maximum absolute atomic E-state index is 11.0. The second kappa shape index (κ2) is 22.3. The van der Waals surface area contributed by atoms with Crippen molar-refractivity contribution in [3.05, 3.63) is 35.4 Å². The lowest BCUT2D eigenvalue weighted by Gasteiger charge is -2.27. The van der Waals surface area contributed by atoms with Crippen LogP contribution in [0, 0.1) is 0 Å². The molecule has 2 N–H and O–H groups in total. The summed E-state index contributed by atoms with van der Waals surface area (Å²) in [6, 6.07) is 7.04. The zero-order valence-electron chi connectivity index (χ0n) is 19.8. The Morgan fingerprint density at radius 2 is 1.36 bits per heavy atom. The lowest BCUT2D eigenvalue weighted by atomic mass is 10.1. The number of rotatable bonds is 16. The molecule has 0 aromatic heterocycles. The van der Waals surface area contributed by atoms with E-state index >= 15 is 0 Å². The number of carbonyl (C=O) groups is 5. The van der Waals surface area contributed by atoms with Crippen molar-refractivity contribution in [1.29, 1.82) is 0 Å². The molecule has 0 aliphatic carbocycles. The molecule has 1 rings (SSSR count). The number of carboxylic acids is 1. The Hall–Kier alpha value is -2.95. The van der Waals surface area contributed by atoms with Gasteiger partial charge >= 0.3 is 5.97 Å². The Morgan fingerprint density at radius 1 is 0.848 bits per heavy atom. The molecule has 1 amide bonds. The van der Waals surface area contributed by atoms with Gasteiger partial charge in [0.2, 0.25) is 6.41 Å². The first kappa shape index (κ1) is 32.2. The van der Waals surface area contributed by atoms with Gasteiger partial charge in [-0.1, -0.05) is 44.5 Å². The SMILES string of the molecule is CCC.CO.O=CCN(C=O)CCN(CCN(CC=O)CC(=O)O)Cc1ccc(C=O)cc1. The normalized spacial score (nSPS) is 9.76. The van der Waals surface area contributed by atoms with Crippen LogP contribution in [-0.4, -0.2) is 109 Å². The van der Waals surface area contributed by atoms with Gasteiger partial charge in [0, 0.05) is 45.4 Å². The zero-order valence-corrected chi connectivity index (χ0v) is 19.8. The van der Waals surface area contributed by atoms with Gasteiger partial charge in [0.1, 0.15) is 18.9 Å². The fourth-order valence-corrected chi connectivity index (χ4v) is 2.60. The van der Waals surface area contributed by atoms with Gasteiger partial charge in [0.05, 0.1) is 19.6 Å². The molecule has 0 saturated carbocycles. The van der Waals surface area contributed by atoms with Crippen molar-refractivity contribution in [1.82, 2.24) is 14.7 Å². The summed E-state index contributed by atoms with van der Waals surface area (Å²) in [6.45, 7) is 6.14. The van der Waals surface area contributed by atoms with E-state index < -0.39 is 5.97 Å². The second-order valence-corrected chi connectivity index (χ2v) is 6.91. The molecule has 0 bridgehead atoms. The van der Waals surface area contributed by atoms with Gasteiger partial charge in [0.15, 0.2) is 0 Å². The van der Waals surface area contributed by atoms with E-state index in [1.165, 1.54) is 16.2 Å². The van der Waals surface area contributed by atoms with Gasteiger partial charge < -0.3 is 24.7 Å². The van der Waals surface area contributed by atoms with Crippen molar-refractivity contribution in [2.45, 2.75) is 26.8 Å². The number of hydrogen-bond donors (Lipinski definition) is 2. The molecule has 10 nitrogen and oxygen atoms in total. The molecular formula is C23H37N3O7. The summed E-state index contributed by atoms with van der Waals surface area (Å²) in [6.07, 6.45) is 3.92. The Labute approximate surface area is 195 Å².